The summed E-state index contributed by atoms with van der Waals surface area (Å²) in [6, 6.07) is 10.5. The summed E-state index contributed by atoms with van der Waals surface area (Å²) in [5.41, 5.74) is 1.34. The number of nitrogens with zero attached hydrogens (tertiary/aromatic N) is 2. The van der Waals surface area contributed by atoms with E-state index < -0.39 is 0 Å². The minimum atomic E-state index is 0.179. The van der Waals surface area contributed by atoms with Gasteiger partial charge in [0.15, 0.2) is 0 Å². The van der Waals surface area contributed by atoms with Crippen LogP contribution < -0.4 is 5.32 Å². The maximum absolute atomic E-state index is 12.2. The van der Waals surface area contributed by atoms with E-state index in [1.54, 1.807) is 0 Å². The van der Waals surface area contributed by atoms with Gasteiger partial charge in [0, 0.05) is 19.6 Å². The van der Waals surface area contributed by atoms with Gasteiger partial charge in [0.25, 0.3) is 0 Å². The molecule has 28 heavy (non-hydrogen) atoms. The Bertz CT molecular complexity index is 552. The Morgan fingerprint density at radius 3 is 2.50 bits per heavy atom. The normalized spacial score (nSPS) is 19.6. The van der Waals surface area contributed by atoms with Gasteiger partial charge < -0.3 is 10.1 Å². The van der Waals surface area contributed by atoms with Crippen LogP contribution in [0.15, 0.2) is 30.3 Å². The zero-order valence-electron chi connectivity index (χ0n) is 17.3. The second-order valence-electron chi connectivity index (χ2n) is 8.25. The Hall–Kier alpha value is -1.43. The summed E-state index contributed by atoms with van der Waals surface area (Å²) in [5.74, 6) is 1.02. The maximum atomic E-state index is 12.2. The molecule has 2 heterocycles. The molecule has 0 radical (unpaired) electrons. The zero-order valence-corrected chi connectivity index (χ0v) is 17.3. The van der Waals surface area contributed by atoms with E-state index in [-0.39, 0.29) is 5.91 Å². The number of amides is 1. The molecule has 0 bridgehead atoms. The molecule has 1 amide bonds. The number of piperidine rings is 1. The van der Waals surface area contributed by atoms with Gasteiger partial charge in [-0.3, -0.25) is 14.6 Å². The lowest BCUT2D eigenvalue weighted by atomic mass is 9.92. The van der Waals surface area contributed by atoms with Gasteiger partial charge in [0.2, 0.25) is 5.91 Å². The molecule has 0 aliphatic carbocycles. The van der Waals surface area contributed by atoms with E-state index in [4.69, 9.17) is 4.74 Å². The number of rotatable bonds is 10. The summed E-state index contributed by atoms with van der Waals surface area (Å²) >= 11 is 0. The highest BCUT2D eigenvalue weighted by atomic mass is 16.5. The van der Waals surface area contributed by atoms with Gasteiger partial charge in [0.1, 0.15) is 0 Å². The van der Waals surface area contributed by atoms with Crippen molar-refractivity contribution in [3.8, 4) is 0 Å². The van der Waals surface area contributed by atoms with Crippen LogP contribution in [0.25, 0.3) is 0 Å². The number of carbonyl (C=O) groups is 1. The van der Waals surface area contributed by atoms with Crippen molar-refractivity contribution in [3.63, 3.8) is 0 Å². The Labute approximate surface area is 170 Å². The monoisotopic (exact) mass is 387 g/mol. The highest BCUT2D eigenvalue weighted by Gasteiger charge is 2.21. The van der Waals surface area contributed by atoms with Crippen molar-refractivity contribution in [2.75, 3.05) is 59.0 Å². The Balaban J connectivity index is 1.20. The van der Waals surface area contributed by atoms with Crippen LogP contribution in [0.3, 0.4) is 0 Å². The third-order valence-electron chi connectivity index (χ3n) is 6.07. The summed E-state index contributed by atoms with van der Waals surface area (Å²) in [6.45, 7) is 8.67. The minimum absolute atomic E-state index is 0.179. The van der Waals surface area contributed by atoms with Gasteiger partial charge in [-0.15, -0.1) is 0 Å². The van der Waals surface area contributed by atoms with Crippen LogP contribution in [0.4, 0.5) is 0 Å². The van der Waals surface area contributed by atoms with Gasteiger partial charge in [0.05, 0.1) is 19.8 Å². The molecule has 5 nitrogen and oxygen atoms in total. The number of carbonyl (C=O) groups excluding carboxylic acids is 1. The molecular formula is C23H37N3O2. The SMILES string of the molecule is O=C(CN1CCC(CCCN2CCOCC2)CC1)NCCCc1ccccc1. The number of morpholine rings is 1. The molecule has 1 aromatic rings. The molecule has 0 unspecified atom stereocenters. The average Bonchev–Trinajstić information content (AvgIpc) is 2.74. The van der Waals surface area contributed by atoms with Crippen molar-refractivity contribution in [2.24, 2.45) is 5.92 Å². The van der Waals surface area contributed by atoms with Gasteiger partial charge in [-0.05, 0) is 69.6 Å². The average molecular weight is 388 g/mol. The Morgan fingerprint density at radius 2 is 1.75 bits per heavy atom. The molecule has 0 spiro atoms. The highest BCUT2D eigenvalue weighted by Crippen LogP contribution is 2.22. The molecule has 0 saturated carbocycles. The molecule has 1 N–H and O–H groups in total. The maximum Gasteiger partial charge on any atom is 0.234 e. The smallest absolute Gasteiger partial charge is 0.234 e. The Morgan fingerprint density at radius 1 is 1.00 bits per heavy atom. The summed E-state index contributed by atoms with van der Waals surface area (Å²) < 4.78 is 5.41. The van der Waals surface area contributed by atoms with Gasteiger partial charge >= 0.3 is 0 Å². The Kier molecular flexibility index (Phi) is 9.27. The quantitative estimate of drug-likeness (QED) is 0.627. The van der Waals surface area contributed by atoms with E-state index in [2.05, 4.69) is 39.4 Å². The largest absolute Gasteiger partial charge is 0.379 e. The van der Waals surface area contributed by atoms with Crippen molar-refractivity contribution in [1.82, 2.24) is 15.1 Å². The zero-order chi connectivity index (χ0) is 19.4. The predicted molar refractivity (Wildman–Crippen MR) is 113 cm³/mol. The van der Waals surface area contributed by atoms with Crippen LogP contribution in [0.2, 0.25) is 0 Å². The van der Waals surface area contributed by atoms with Crippen LogP contribution in [0.1, 0.15) is 37.7 Å². The number of likely N-dealkylation sites (tertiary alicyclic amines) is 1. The first kappa shape index (κ1) is 21.3. The number of hydrogen-bond donors (Lipinski definition) is 1. The lowest BCUT2D eigenvalue weighted by Crippen LogP contribution is -2.42. The number of nitrogens with one attached hydrogen (secondary N) is 1. The van der Waals surface area contributed by atoms with E-state index >= 15 is 0 Å². The highest BCUT2D eigenvalue weighted by molar-refractivity contribution is 5.77. The first-order valence-electron chi connectivity index (χ1n) is 11.1. The lowest BCUT2D eigenvalue weighted by molar-refractivity contribution is -0.122. The lowest BCUT2D eigenvalue weighted by Gasteiger charge is -2.32. The van der Waals surface area contributed by atoms with Crippen LogP contribution in [0.5, 0.6) is 0 Å². The van der Waals surface area contributed by atoms with E-state index in [1.165, 1.54) is 37.8 Å². The van der Waals surface area contributed by atoms with Crippen molar-refractivity contribution >= 4 is 5.91 Å². The second kappa shape index (κ2) is 12.2. The molecule has 2 aliphatic heterocycles. The molecule has 2 aliphatic rings. The fourth-order valence-electron chi connectivity index (χ4n) is 4.29. The second-order valence-corrected chi connectivity index (χ2v) is 8.25. The summed E-state index contributed by atoms with van der Waals surface area (Å²) in [6.07, 6.45) is 7.14. The first-order valence-corrected chi connectivity index (χ1v) is 11.1. The van der Waals surface area contributed by atoms with E-state index in [1.807, 2.05) is 6.07 Å². The molecular weight excluding hydrogens is 350 g/mol. The number of hydrogen-bond acceptors (Lipinski definition) is 4. The van der Waals surface area contributed by atoms with Crippen molar-refractivity contribution in [2.45, 2.75) is 38.5 Å². The van der Waals surface area contributed by atoms with E-state index in [0.29, 0.717) is 6.54 Å². The number of ether oxygens (including phenoxy) is 1. The number of aryl methyl sites for hydroxylation is 1. The molecule has 0 atom stereocenters. The molecule has 2 saturated heterocycles. The molecule has 0 aromatic heterocycles. The van der Waals surface area contributed by atoms with Crippen LogP contribution in [-0.4, -0.2) is 74.7 Å². The van der Waals surface area contributed by atoms with Crippen LogP contribution in [-0.2, 0) is 16.0 Å². The fourth-order valence-corrected chi connectivity index (χ4v) is 4.29. The van der Waals surface area contributed by atoms with E-state index in [0.717, 1.165) is 64.7 Å². The fraction of sp³-hybridized carbons (Fsp3) is 0.696. The molecule has 5 heteroatoms. The summed E-state index contributed by atoms with van der Waals surface area (Å²) in [7, 11) is 0. The molecule has 3 rings (SSSR count). The third-order valence-corrected chi connectivity index (χ3v) is 6.07. The molecule has 2 fully saturated rings. The van der Waals surface area contributed by atoms with Crippen molar-refractivity contribution in [1.29, 1.82) is 0 Å². The topological polar surface area (TPSA) is 44.8 Å². The van der Waals surface area contributed by atoms with Crippen molar-refractivity contribution < 1.29 is 9.53 Å². The van der Waals surface area contributed by atoms with Gasteiger partial charge in [-0.1, -0.05) is 30.3 Å². The first-order chi connectivity index (χ1) is 13.8. The molecule has 156 valence electrons. The van der Waals surface area contributed by atoms with E-state index in [9.17, 15) is 4.79 Å². The van der Waals surface area contributed by atoms with Crippen molar-refractivity contribution in [3.05, 3.63) is 35.9 Å². The summed E-state index contributed by atoms with van der Waals surface area (Å²) in [4.78, 5) is 17.0. The predicted octanol–water partition coefficient (Wildman–Crippen LogP) is 2.56. The standard InChI is InChI=1S/C23H37N3O2/c27-23(24-12-4-8-21-6-2-1-3-7-21)20-26-14-10-22(11-15-26)9-5-13-25-16-18-28-19-17-25/h1-3,6-7,22H,4-5,8-20H2,(H,24,27). The van der Waals surface area contributed by atoms with Crippen LogP contribution in [0, 0.1) is 5.92 Å². The third kappa shape index (κ3) is 7.90. The van der Waals surface area contributed by atoms with Gasteiger partial charge in [-0.2, -0.15) is 0 Å². The summed E-state index contributed by atoms with van der Waals surface area (Å²) in [5, 5.41) is 3.09. The van der Waals surface area contributed by atoms with Gasteiger partial charge in [-0.25, -0.2) is 0 Å². The minimum Gasteiger partial charge on any atom is -0.379 e. The molecule has 1 aromatic carbocycles. The van der Waals surface area contributed by atoms with Crippen LogP contribution >= 0.6 is 0 Å². The number of benzene rings is 1.